The standard InChI is InChI=1S/C13H17BrN2O/c1-13(2)6-5-9(8-13)16-12(17)10-4-3-7-15-11(10)14/h3-4,7,9H,5-6,8H2,1-2H3,(H,16,17). The van der Waals surface area contributed by atoms with Crippen LogP contribution >= 0.6 is 15.9 Å². The quantitative estimate of drug-likeness (QED) is 0.852. The van der Waals surface area contributed by atoms with Gasteiger partial charge in [-0.2, -0.15) is 0 Å². The molecule has 3 nitrogen and oxygen atoms in total. The molecule has 0 radical (unpaired) electrons. The van der Waals surface area contributed by atoms with Gasteiger partial charge in [0.15, 0.2) is 0 Å². The van der Waals surface area contributed by atoms with Crippen LogP contribution in [0, 0.1) is 5.41 Å². The number of halogens is 1. The first-order valence-corrected chi connectivity index (χ1v) is 6.69. The molecule has 1 aromatic heterocycles. The summed E-state index contributed by atoms with van der Waals surface area (Å²) in [5, 5.41) is 3.08. The van der Waals surface area contributed by atoms with Gasteiger partial charge in [0.1, 0.15) is 4.60 Å². The predicted molar refractivity (Wildman–Crippen MR) is 70.8 cm³/mol. The maximum atomic E-state index is 12.1. The van der Waals surface area contributed by atoms with Gasteiger partial charge in [0.25, 0.3) is 5.91 Å². The minimum absolute atomic E-state index is 0.0346. The molecule has 0 bridgehead atoms. The van der Waals surface area contributed by atoms with E-state index in [0.717, 1.165) is 12.8 Å². The highest BCUT2D eigenvalue weighted by Crippen LogP contribution is 2.37. The number of nitrogens with one attached hydrogen (secondary N) is 1. The molecule has 92 valence electrons. The third-order valence-electron chi connectivity index (χ3n) is 3.31. The second-order valence-corrected chi connectivity index (χ2v) is 6.17. The van der Waals surface area contributed by atoms with E-state index in [1.807, 2.05) is 0 Å². The summed E-state index contributed by atoms with van der Waals surface area (Å²) in [5.74, 6) is -0.0346. The van der Waals surface area contributed by atoms with Crippen LogP contribution in [-0.2, 0) is 0 Å². The number of amides is 1. The lowest BCUT2D eigenvalue weighted by molar-refractivity contribution is 0.0935. The summed E-state index contributed by atoms with van der Waals surface area (Å²) in [6.07, 6.45) is 4.96. The Morgan fingerprint density at radius 3 is 2.94 bits per heavy atom. The fraction of sp³-hybridized carbons (Fsp3) is 0.538. The summed E-state index contributed by atoms with van der Waals surface area (Å²) >= 11 is 3.30. The van der Waals surface area contributed by atoms with Crippen molar-refractivity contribution in [3.8, 4) is 0 Å². The molecule has 1 aliphatic rings. The molecule has 4 heteroatoms. The molecule has 1 fully saturated rings. The van der Waals surface area contributed by atoms with E-state index in [2.05, 4.69) is 40.1 Å². The summed E-state index contributed by atoms with van der Waals surface area (Å²) in [4.78, 5) is 16.1. The van der Waals surface area contributed by atoms with Crippen molar-refractivity contribution in [2.45, 2.75) is 39.2 Å². The number of hydrogen-bond donors (Lipinski definition) is 1. The Bertz CT molecular complexity index is 431. The number of pyridine rings is 1. The molecule has 1 saturated carbocycles. The third kappa shape index (κ3) is 3.06. The Kier molecular flexibility index (Phi) is 3.52. The molecule has 1 aliphatic carbocycles. The Labute approximate surface area is 110 Å². The zero-order valence-corrected chi connectivity index (χ0v) is 11.8. The molecular formula is C13H17BrN2O. The van der Waals surface area contributed by atoms with Crippen LogP contribution in [0.3, 0.4) is 0 Å². The van der Waals surface area contributed by atoms with Crippen molar-refractivity contribution < 1.29 is 4.79 Å². The summed E-state index contributed by atoms with van der Waals surface area (Å²) in [7, 11) is 0. The van der Waals surface area contributed by atoms with Gasteiger partial charge in [-0.1, -0.05) is 13.8 Å². The number of aromatic nitrogens is 1. The molecule has 0 spiro atoms. The van der Waals surface area contributed by atoms with E-state index in [4.69, 9.17) is 0 Å². The van der Waals surface area contributed by atoms with Crippen LogP contribution in [0.2, 0.25) is 0 Å². The van der Waals surface area contributed by atoms with Gasteiger partial charge in [-0.3, -0.25) is 4.79 Å². The van der Waals surface area contributed by atoms with Crippen molar-refractivity contribution >= 4 is 21.8 Å². The third-order valence-corrected chi connectivity index (χ3v) is 3.94. The maximum absolute atomic E-state index is 12.1. The normalized spacial score (nSPS) is 22.4. The largest absolute Gasteiger partial charge is 0.349 e. The molecule has 2 rings (SSSR count). The number of carbonyl (C=O) groups is 1. The Balaban J connectivity index is 2.01. The second-order valence-electron chi connectivity index (χ2n) is 5.42. The molecular weight excluding hydrogens is 280 g/mol. The molecule has 0 aliphatic heterocycles. The summed E-state index contributed by atoms with van der Waals surface area (Å²) < 4.78 is 0.606. The van der Waals surface area contributed by atoms with Gasteiger partial charge < -0.3 is 5.32 Å². The molecule has 1 atom stereocenters. The fourth-order valence-electron chi connectivity index (χ4n) is 2.38. The highest BCUT2D eigenvalue weighted by molar-refractivity contribution is 9.10. The average Bonchev–Trinajstić information content (AvgIpc) is 2.58. The molecule has 1 heterocycles. The van der Waals surface area contributed by atoms with Crippen LogP contribution in [0.5, 0.6) is 0 Å². The molecule has 1 unspecified atom stereocenters. The van der Waals surface area contributed by atoms with E-state index < -0.39 is 0 Å². The van der Waals surface area contributed by atoms with Gasteiger partial charge in [0.2, 0.25) is 0 Å². The molecule has 1 amide bonds. The molecule has 0 aromatic carbocycles. The smallest absolute Gasteiger partial charge is 0.254 e. The minimum atomic E-state index is -0.0346. The molecule has 1 aromatic rings. The van der Waals surface area contributed by atoms with E-state index >= 15 is 0 Å². The SMILES string of the molecule is CC1(C)CCC(NC(=O)c2cccnc2Br)C1. The molecule has 1 N–H and O–H groups in total. The highest BCUT2D eigenvalue weighted by Gasteiger charge is 2.31. The first-order chi connectivity index (χ1) is 7.98. The van der Waals surface area contributed by atoms with Crippen LogP contribution in [0.15, 0.2) is 22.9 Å². The summed E-state index contributed by atoms with van der Waals surface area (Å²) in [6.45, 7) is 4.50. The zero-order valence-electron chi connectivity index (χ0n) is 10.2. The first kappa shape index (κ1) is 12.6. The van der Waals surface area contributed by atoms with Gasteiger partial charge in [0, 0.05) is 12.2 Å². The number of nitrogens with zero attached hydrogens (tertiary/aromatic N) is 1. The van der Waals surface area contributed by atoms with E-state index in [9.17, 15) is 4.79 Å². The zero-order chi connectivity index (χ0) is 12.5. The second kappa shape index (κ2) is 4.77. The van der Waals surface area contributed by atoms with E-state index in [1.165, 1.54) is 6.42 Å². The van der Waals surface area contributed by atoms with Crippen LogP contribution in [0.25, 0.3) is 0 Å². The Hall–Kier alpha value is -0.900. The highest BCUT2D eigenvalue weighted by atomic mass is 79.9. The summed E-state index contributed by atoms with van der Waals surface area (Å²) in [6, 6.07) is 3.86. The van der Waals surface area contributed by atoms with Crippen molar-refractivity contribution in [1.82, 2.24) is 10.3 Å². The van der Waals surface area contributed by atoms with Crippen molar-refractivity contribution in [1.29, 1.82) is 0 Å². The Morgan fingerprint density at radius 1 is 1.59 bits per heavy atom. The lowest BCUT2D eigenvalue weighted by atomic mass is 9.92. The molecule has 17 heavy (non-hydrogen) atoms. The van der Waals surface area contributed by atoms with E-state index in [0.29, 0.717) is 21.6 Å². The van der Waals surface area contributed by atoms with Crippen LogP contribution < -0.4 is 5.32 Å². The number of carbonyl (C=O) groups excluding carboxylic acids is 1. The fourth-order valence-corrected chi connectivity index (χ4v) is 2.81. The minimum Gasteiger partial charge on any atom is -0.349 e. The maximum Gasteiger partial charge on any atom is 0.254 e. The van der Waals surface area contributed by atoms with E-state index in [-0.39, 0.29) is 5.91 Å². The topological polar surface area (TPSA) is 42.0 Å². The van der Waals surface area contributed by atoms with Gasteiger partial charge in [-0.05, 0) is 52.7 Å². The lowest BCUT2D eigenvalue weighted by Crippen LogP contribution is -2.33. The van der Waals surface area contributed by atoms with Crippen LogP contribution in [0.4, 0.5) is 0 Å². The van der Waals surface area contributed by atoms with Crippen molar-refractivity contribution in [2.24, 2.45) is 5.41 Å². The van der Waals surface area contributed by atoms with Gasteiger partial charge >= 0.3 is 0 Å². The van der Waals surface area contributed by atoms with Gasteiger partial charge in [0.05, 0.1) is 5.56 Å². The first-order valence-electron chi connectivity index (χ1n) is 5.89. The number of rotatable bonds is 2. The van der Waals surface area contributed by atoms with Crippen molar-refractivity contribution in [3.63, 3.8) is 0 Å². The predicted octanol–water partition coefficient (Wildman–Crippen LogP) is 3.15. The average molecular weight is 297 g/mol. The lowest BCUT2D eigenvalue weighted by Gasteiger charge is -2.18. The monoisotopic (exact) mass is 296 g/mol. The van der Waals surface area contributed by atoms with E-state index in [1.54, 1.807) is 18.3 Å². The molecule has 0 saturated heterocycles. The van der Waals surface area contributed by atoms with Gasteiger partial charge in [-0.25, -0.2) is 4.98 Å². The van der Waals surface area contributed by atoms with Crippen molar-refractivity contribution in [3.05, 3.63) is 28.5 Å². The van der Waals surface area contributed by atoms with Gasteiger partial charge in [-0.15, -0.1) is 0 Å². The summed E-state index contributed by atoms with van der Waals surface area (Å²) in [5.41, 5.74) is 0.960. The van der Waals surface area contributed by atoms with Crippen LogP contribution in [0.1, 0.15) is 43.5 Å². The number of hydrogen-bond acceptors (Lipinski definition) is 2. The van der Waals surface area contributed by atoms with Crippen LogP contribution in [-0.4, -0.2) is 16.9 Å². The Morgan fingerprint density at radius 2 is 2.35 bits per heavy atom. The van der Waals surface area contributed by atoms with Crippen molar-refractivity contribution in [2.75, 3.05) is 0 Å².